The van der Waals surface area contributed by atoms with E-state index in [1.54, 1.807) is 19.2 Å². The molecule has 1 aromatic carbocycles. The Balaban J connectivity index is 0.00000225. The number of likely N-dealkylation sites (tertiary alicyclic amines) is 1. The summed E-state index contributed by atoms with van der Waals surface area (Å²) in [6.45, 7) is 5.11. The van der Waals surface area contributed by atoms with Gasteiger partial charge in [-0.05, 0) is 50.4 Å². The molecular weight excluding hydrogens is 430 g/mol. The van der Waals surface area contributed by atoms with Crippen molar-refractivity contribution in [2.45, 2.75) is 37.5 Å². The lowest BCUT2D eigenvalue weighted by atomic mass is 9.95. The molecule has 2 fully saturated rings. The third-order valence-corrected chi connectivity index (χ3v) is 5.29. The van der Waals surface area contributed by atoms with Gasteiger partial charge in [-0.25, -0.2) is 4.39 Å². The Morgan fingerprint density at radius 3 is 2.52 bits per heavy atom. The summed E-state index contributed by atoms with van der Waals surface area (Å²) in [6, 6.07) is 7.14. The molecule has 3 rings (SSSR count). The van der Waals surface area contributed by atoms with Gasteiger partial charge in [-0.3, -0.25) is 4.99 Å². The summed E-state index contributed by atoms with van der Waals surface area (Å²) >= 11 is 0. The monoisotopic (exact) mass is 460 g/mol. The van der Waals surface area contributed by atoms with Crippen LogP contribution >= 0.6 is 24.0 Å². The average molecular weight is 460 g/mol. The highest BCUT2D eigenvalue weighted by atomic mass is 127. The Kier molecular flexibility index (Phi) is 7.93. The van der Waals surface area contributed by atoms with Gasteiger partial charge in [0.15, 0.2) is 5.96 Å². The van der Waals surface area contributed by atoms with Crippen LogP contribution in [0, 0.1) is 5.82 Å². The Labute approximate surface area is 167 Å². The molecule has 4 nitrogen and oxygen atoms in total. The van der Waals surface area contributed by atoms with Crippen molar-refractivity contribution in [1.82, 2.24) is 15.5 Å². The van der Waals surface area contributed by atoms with E-state index in [0.29, 0.717) is 0 Å². The first-order valence-electron chi connectivity index (χ1n) is 9.15. The maximum Gasteiger partial charge on any atom is 0.191 e. The molecule has 25 heavy (non-hydrogen) atoms. The molecule has 0 unspecified atom stereocenters. The van der Waals surface area contributed by atoms with Gasteiger partial charge in [-0.1, -0.05) is 24.6 Å². The second kappa shape index (κ2) is 9.71. The zero-order valence-corrected chi connectivity index (χ0v) is 17.4. The maximum absolute atomic E-state index is 14.1. The van der Waals surface area contributed by atoms with Gasteiger partial charge < -0.3 is 15.5 Å². The summed E-state index contributed by atoms with van der Waals surface area (Å²) in [5, 5.41) is 6.78. The first kappa shape index (κ1) is 20.4. The van der Waals surface area contributed by atoms with E-state index in [9.17, 15) is 4.39 Å². The van der Waals surface area contributed by atoms with Crippen LogP contribution in [0.5, 0.6) is 0 Å². The lowest BCUT2D eigenvalue weighted by Crippen LogP contribution is -2.44. The molecule has 140 valence electrons. The fourth-order valence-corrected chi connectivity index (χ4v) is 3.57. The number of halogens is 2. The summed E-state index contributed by atoms with van der Waals surface area (Å²) in [7, 11) is 1.79. The highest BCUT2D eigenvalue weighted by Crippen LogP contribution is 2.48. The van der Waals surface area contributed by atoms with E-state index in [1.165, 1.54) is 32.4 Å². The van der Waals surface area contributed by atoms with Gasteiger partial charge in [0.25, 0.3) is 0 Å². The topological polar surface area (TPSA) is 39.7 Å². The Morgan fingerprint density at radius 2 is 1.88 bits per heavy atom. The summed E-state index contributed by atoms with van der Waals surface area (Å²) in [5.74, 6) is 0.722. The van der Waals surface area contributed by atoms with Gasteiger partial charge in [0.1, 0.15) is 5.82 Å². The number of benzene rings is 1. The quantitative estimate of drug-likeness (QED) is 0.390. The van der Waals surface area contributed by atoms with E-state index in [0.717, 1.165) is 44.0 Å². The zero-order chi connectivity index (χ0) is 16.8. The predicted molar refractivity (Wildman–Crippen MR) is 112 cm³/mol. The molecule has 2 aliphatic rings. The second-order valence-corrected chi connectivity index (χ2v) is 7.02. The lowest BCUT2D eigenvalue weighted by Gasteiger charge is -2.27. The Bertz CT molecular complexity index is 568. The molecule has 1 heterocycles. The fourth-order valence-electron chi connectivity index (χ4n) is 3.57. The maximum atomic E-state index is 14.1. The number of nitrogens with zero attached hydrogens (tertiary/aromatic N) is 2. The van der Waals surface area contributed by atoms with Crippen molar-refractivity contribution in [2.24, 2.45) is 4.99 Å². The minimum absolute atomic E-state index is 0. The van der Waals surface area contributed by atoms with Gasteiger partial charge in [0, 0.05) is 32.1 Å². The molecule has 1 saturated carbocycles. The Hall–Kier alpha value is -0.890. The van der Waals surface area contributed by atoms with Gasteiger partial charge in [0.05, 0.1) is 0 Å². The minimum Gasteiger partial charge on any atom is -0.356 e. The van der Waals surface area contributed by atoms with E-state index in [-0.39, 0.29) is 35.2 Å². The number of nitrogens with one attached hydrogen (secondary N) is 2. The lowest BCUT2D eigenvalue weighted by molar-refractivity contribution is 0.232. The van der Waals surface area contributed by atoms with Crippen LogP contribution in [0.4, 0.5) is 4.39 Å². The predicted octanol–water partition coefficient (Wildman–Crippen LogP) is 3.13. The Morgan fingerprint density at radius 1 is 1.16 bits per heavy atom. The number of aliphatic imine (C=N–C) groups is 1. The van der Waals surface area contributed by atoms with Crippen LogP contribution in [0.25, 0.3) is 0 Å². The van der Waals surface area contributed by atoms with E-state index in [4.69, 9.17) is 0 Å². The highest BCUT2D eigenvalue weighted by molar-refractivity contribution is 14.0. The number of guanidine groups is 1. The van der Waals surface area contributed by atoms with Crippen LogP contribution in [0.1, 0.15) is 37.7 Å². The molecule has 0 aromatic heterocycles. The van der Waals surface area contributed by atoms with Crippen LogP contribution in [0.2, 0.25) is 0 Å². The second-order valence-electron chi connectivity index (χ2n) is 7.02. The van der Waals surface area contributed by atoms with Crippen molar-refractivity contribution >= 4 is 29.9 Å². The smallest absolute Gasteiger partial charge is 0.191 e. The van der Waals surface area contributed by atoms with Crippen LogP contribution in [-0.2, 0) is 5.41 Å². The summed E-state index contributed by atoms with van der Waals surface area (Å²) in [6.07, 6.45) is 6.07. The van der Waals surface area contributed by atoms with E-state index in [1.807, 2.05) is 12.1 Å². The minimum atomic E-state index is -0.0927. The molecule has 1 saturated heterocycles. The molecule has 2 N–H and O–H groups in total. The first-order valence-corrected chi connectivity index (χ1v) is 9.15. The van der Waals surface area contributed by atoms with Gasteiger partial charge in [-0.2, -0.15) is 0 Å². The van der Waals surface area contributed by atoms with Crippen molar-refractivity contribution in [3.05, 3.63) is 35.6 Å². The highest BCUT2D eigenvalue weighted by Gasteiger charge is 2.45. The first-order chi connectivity index (χ1) is 11.7. The van der Waals surface area contributed by atoms with Gasteiger partial charge in [-0.15, -0.1) is 24.0 Å². The van der Waals surface area contributed by atoms with Crippen molar-refractivity contribution in [1.29, 1.82) is 0 Å². The summed E-state index contributed by atoms with van der Waals surface area (Å²) in [4.78, 5) is 6.81. The number of rotatable bonds is 6. The summed E-state index contributed by atoms with van der Waals surface area (Å²) < 4.78 is 14.1. The molecule has 6 heteroatoms. The van der Waals surface area contributed by atoms with E-state index >= 15 is 0 Å². The molecule has 0 spiro atoms. The number of hydrogen-bond donors (Lipinski definition) is 2. The standard InChI is InChI=1S/C19H29FN4.HI/c1-21-18(22-11-14-24-12-5-2-6-13-24)23-15-19(9-10-19)16-7-3-4-8-17(16)20;/h3-4,7-8H,2,5-6,9-15H2,1H3,(H2,21,22,23);1H. The summed E-state index contributed by atoms with van der Waals surface area (Å²) in [5.41, 5.74) is 0.775. The molecule has 1 aliphatic carbocycles. The van der Waals surface area contributed by atoms with E-state index < -0.39 is 0 Å². The van der Waals surface area contributed by atoms with Crippen LogP contribution < -0.4 is 10.6 Å². The number of piperidine rings is 1. The number of hydrogen-bond acceptors (Lipinski definition) is 2. The molecule has 0 amide bonds. The van der Waals surface area contributed by atoms with Gasteiger partial charge >= 0.3 is 0 Å². The van der Waals surface area contributed by atoms with E-state index in [2.05, 4.69) is 20.5 Å². The zero-order valence-electron chi connectivity index (χ0n) is 15.1. The normalized spacial score (nSPS) is 19.8. The largest absolute Gasteiger partial charge is 0.356 e. The van der Waals surface area contributed by atoms with Crippen LogP contribution in [0.15, 0.2) is 29.3 Å². The third kappa shape index (κ3) is 5.54. The molecule has 0 atom stereocenters. The van der Waals surface area contributed by atoms with Crippen molar-refractivity contribution in [3.8, 4) is 0 Å². The van der Waals surface area contributed by atoms with Crippen molar-refractivity contribution in [3.63, 3.8) is 0 Å². The van der Waals surface area contributed by atoms with Crippen LogP contribution in [0.3, 0.4) is 0 Å². The molecule has 0 radical (unpaired) electrons. The fraction of sp³-hybridized carbons (Fsp3) is 0.632. The molecule has 0 bridgehead atoms. The molecule has 1 aromatic rings. The van der Waals surface area contributed by atoms with Crippen molar-refractivity contribution in [2.75, 3.05) is 39.8 Å². The molecule has 1 aliphatic heterocycles. The van der Waals surface area contributed by atoms with Crippen LogP contribution in [-0.4, -0.2) is 50.6 Å². The average Bonchev–Trinajstić information content (AvgIpc) is 3.40. The molecular formula is C19H30FIN4. The third-order valence-electron chi connectivity index (χ3n) is 5.29. The van der Waals surface area contributed by atoms with Crippen molar-refractivity contribution < 1.29 is 4.39 Å². The van der Waals surface area contributed by atoms with Gasteiger partial charge in [0.2, 0.25) is 0 Å². The SMILES string of the molecule is CN=C(NCCN1CCCCC1)NCC1(c2ccccc2F)CC1.I.